The molecular formula is C24H21FN6O3. The van der Waals surface area contributed by atoms with Crippen LogP contribution in [0.25, 0.3) is 5.69 Å². The fraction of sp³-hybridized carbons (Fsp3) is 0.0833. The van der Waals surface area contributed by atoms with Crippen molar-refractivity contribution in [1.82, 2.24) is 14.8 Å². The highest BCUT2D eigenvalue weighted by atomic mass is 19.1. The molecule has 0 aliphatic carbocycles. The van der Waals surface area contributed by atoms with Crippen molar-refractivity contribution in [2.75, 3.05) is 11.1 Å². The Morgan fingerprint density at radius 3 is 2.59 bits per heavy atom. The van der Waals surface area contributed by atoms with Crippen molar-refractivity contribution < 1.29 is 18.7 Å². The summed E-state index contributed by atoms with van der Waals surface area (Å²) in [4.78, 5) is 28.2. The number of anilines is 2. The Morgan fingerprint density at radius 1 is 1.12 bits per heavy atom. The number of ether oxygens (including phenoxy) is 1. The lowest BCUT2D eigenvalue weighted by molar-refractivity contribution is 0.102. The highest BCUT2D eigenvalue weighted by Gasteiger charge is 2.18. The molecule has 4 aromatic rings. The molecule has 34 heavy (non-hydrogen) atoms. The van der Waals surface area contributed by atoms with Crippen molar-refractivity contribution in [3.8, 4) is 5.69 Å². The summed E-state index contributed by atoms with van der Waals surface area (Å²) in [5.74, 6) is -0.716. The number of primary amides is 1. The third-order valence-electron chi connectivity index (χ3n) is 4.99. The van der Waals surface area contributed by atoms with E-state index in [0.717, 1.165) is 5.56 Å². The Labute approximate surface area is 194 Å². The quantitative estimate of drug-likeness (QED) is 0.385. The van der Waals surface area contributed by atoms with Gasteiger partial charge in [0.2, 0.25) is 0 Å². The Balaban J connectivity index is 1.49. The molecule has 0 aliphatic heterocycles. The van der Waals surface area contributed by atoms with Gasteiger partial charge >= 0.3 is 6.09 Å². The van der Waals surface area contributed by atoms with Gasteiger partial charge in [-0.25, -0.2) is 13.9 Å². The Kier molecular flexibility index (Phi) is 6.49. The number of carbonyl (C=O) groups excluding carboxylic acids is 2. The van der Waals surface area contributed by atoms with Crippen LogP contribution in [-0.2, 0) is 11.2 Å². The molecule has 4 rings (SSSR count). The number of halogens is 1. The summed E-state index contributed by atoms with van der Waals surface area (Å²) in [5.41, 5.74) is 13.7. The minimum atomic E-state index is -0.903. The number of amides is 2. The lowest BCUT2D eigenvalue weighted by Crippen LogP contribution is -2.19. The normalized spacial score (nSPS) is 11.6. The van der Waals surface area contributed by atoms with E-state index in [9.17, 15) is 14.0 Å². The van der Waals surface area contributed by atoms with Gasteiger partial charge in [-0.05, 0) is 47.5 Å². The van der Waals surface area contributed by atoms with Gasteiger partial charge in [-0.15, -0.1) is 5.10 Å². The predicted molar refractivity (Wildman–Crippen MR) is 124 cm³/mol. The predicted octanol–water partition coefficient (Wildman–Crippen LogP) is 3.62. The van der Waals surface area contributed by atoms with Gasteiger partial charge in [0, 0.05) is 24.4 Å². The van der Waals surface area contributed by atoms with Gasteiger partial charge < -0.3 is 21.5 Å². The van der Waals surface area contributed by atoms with Crippen LogP contribution in [0.3, 0.4) is 0 Å². The largest absolute Gasteiger partial charge is 0.441 e. The van der Waals surface area contributed by atoms with Gasteiger partial charge in [0.05, 0.1) is 17.6 Å². The third-order valence-corrected chi connectivity index (χ3v) is 4.99. The number of nitrogens with one attached hydrogen (secondary N) is 1. The number of pyridine rings is 1. The maximum Gasteiger partial charge on any atom is 0.405 e. The van der Waals surface area contributed by atoms with Crippen LogP contribution >= 0.6 is 0 Å². The number of nitrogens with two attached hydrogens (primary N) is 2. The smallest absolute Gasteiger partial charge is 0.405 e. The molecule has 1 atom stereocenters. The maximum absolute atomic E-state index is 13.5. The number of hydrogen-bond donors (Lipinski definition) is 3. The molecule has 0 radical (unpaired) electrons. The number of rotatable bonds is 7. The molecule has 0 saturated carbocycles. The summed E-state index contributed by atoms with van der Waals surface area (Å²) in [5, 5.41) is 6.88. The van der Waals surface area contributed by atoms with E-state index >= 15 is 0 Å². The number of carbonyl (C=O) groups is 2. The van der Waals surface area contributed by atoms with Crippen LogP contribution in [0.15, 0.2) is 79.3 Å². The highest BCUT2D eigenvalue weighted by molar-refractivity contribution is 6.05. The van der Waals surface area contributed by atoms with Gasteiger partial charge in [-0.3, -0.25) is 9.78 Å². The van der Waals surface area contributed by atoms with Crippen molar-refractivity contribution >= 4 is 23.5 Å². The first-order valence-corrected chi connectivity index (χ1v) is 10.3. The number of aromatic nitrogens is 3. The average molecular weight is 460 g/mol. The van der Waals surface area contributed by atoms with E-state index in [4.69, 9.17) is 16.2 Å². The number of nitrogens with zero attached hydrogens (tertiary/aromatic N) is 3. The number of hydrogen-bond acceptors (Lipinski definition) is 6. The van der Waals surface area contributed by atoms with Crippen LogP contribution in [-0.4, -0.2) is 26.8 Å². The molecule has 9 nitrogen and oxygen atoms in total. The zero-order valence-corrected chi connectivity index (χ0v) is 17.9. The first-order chi connectivity index (χ1) is 16.4. The Bertz CT molecular complexity index is 1310. The summed E-state index contributed by atoms with van der Waals surface area (Å²) in [6, 6.07) is 16.0. The molecule has 2 amide bonds. The molecule has 2 aromatic carbocycles. The van der Waals surface area contributed by atoms with Crippen molar-refractivity contribution in [2.24, 2.45) is 5.73 Å². The zero-order valence-electron chi connectivity index (χ0n) is 17.9. The fourth-order valence-electron chi connectivity index (χ4n) is 3.36. The van der Waals surface area contributed by atoms with Crippen LogP contribution in [0.4, 0.5) is 20.7 Å². The van der Waals surface area contributed by atoms with E-state index in [0.29, 0.717) is 23.2 Å². The van der Waals surface area contributed by atoms with Crippen LogP contribution < -0.4 is 16.8 Å². The highest BCUT2D eigenvalue weighted by Crippen LogP contribution is 2.24. The molecule has 1 unspecified atom stereocenters. The topological polar surface area (TPSA) is 138 Å². The molecular weight excluding hydrogens is 439 g/mol. The molecule has 5 N–H and O–H groups in total. The Hall–Kier alpha value is -4.73. The minimum Gasteiger partial charge on any atom is -0.441 e. The van der Waals surface area contributed by atoms with E-state index in [1.54, 1.807) is 54.9 Å². The number of benzene rings is 2. The zero-order chi connectivity index (χ0) is 24.1. The SMILES string of the molecule is NC(=O)OC(Cc1cccnc1)c1ccc(C(=O)Nc2nn(-c3cccc(F)c3)cc2N)cc1. The van der Waals surface area contributed by atoms with Gasteiger partial charge in [0.25, 0.3) is 5.91 Å². The fourth-order valence-corrected chi connectivity index (χ4v) is 3.36. The van der Waals surface area contributed by atoms with Gasteiger partial charge in [0.15, 0.2) is 5.82 Å². The molecule has 172 valence electrons. The second-order valence-electron chi connectivity index (χ2n) is 7.42. The molecule has 0 saturated heterocycles. The monoisotopic (exact) mass is 460 g/mol. The van der Waals surface area contributed by atoms with Gasteiger partial charge in [-0.1, -0.05) is 24.3 Å². The molecule has 2 aromatic heterocycles. The van der Waals surface area contributed by atoms with E-state index < -0.39 is 23.9 Å². The second kappa shape index (κ2) is 9.82. The first kappa shape index (κ1) is 22.5. The minimum absolute atomic E-state index is 0.143. The first-order valence-electron chi connectivity index (χ1n) is 10.3. The Morgan fingerprint density at radius 2 is 1.91 bits per heavy atom. The molecule has 2 heterocycles. The molecule has 10 heteroatoms. The standard InChI is InChI=1S/C24H21FN6O3/c25-18-4-1-5-19(12-18)31-14-20(26)22(30-31)29-23(32)17-8-6-16(7-9-17)21(34-24(27)33)11-15-3-2-10-28-13-15/h1-10,12-14,21H,11,26H2,(H2,27,33)(H,29,30,32). The van der Waals surface area contributed by atoms with Crippen LogP contribution in [0.5, 0.6) is 0 Å². The van der Waals surface area contributed by atoms with Crippen molar-refractivity contribution in [3.63, 3.8) is 0 Å². The van der Waals surface area contributed by atoms with Crippen LogP contribution in [0, 0.1) is 5.82 Å². The average Bonchev–Trinajstić information content (AvgIpc) is 3.19. The summed E-state index contributed by atoms with van der Waals surface area (Å²) in [6.45, 7) is 0. The van der Waals surface area contributed by atoms with Crippen molar-refractivity contribution in [2.45, 2.75) is 12.5 Å². The van der Waals surface area contributed by atoms with Crippen LogP contribution in [0.2, 0.25) is 0 Å². The van der Waals surface area contributed by atoms with Crippen molar-refractivity contribution in [1.29, 1.82) is 0 Å². The summed E-state index contributed by atoms with van der Waals surface area (Å²) in [6.07, 6.45) is 3.63. The summed E-state index contributed by atoms with van der Waals surface area (Å²) >= 11 is 0. The van der Waals surface area contributed by atoms with E-state index in [1.807, 2.05) is 6.07 Å². The lowest BCUT2D eigenvalue weighted by Gasteiger charge is -2.17. The van der Waals surface area contributed by atoms with Crippen molar-refractivity contribution in [3.05, 3.63) is 102 Å². The third kappa shape index (κ3) is 5.36. The van der Waals surface area contributed by atoms with E-state index in [-0.39, 0.29) is 11.5 Å². The summed E-state index contributed by atoms with van der Waals surface area (Å²) in [7, 11) is 0. The molecule has 0 fully saturated rings. The maximum atomic E-state index is 13.5. The summed E-state index contributed by atoms with van der Waals surface area (Å²) < 4.78 is 20.1. The molecule has 0 bridgehead atoms. The molecule has 0 aliphatic rings. The van der Waals surface area contributed by atoms with Crippen LogP contribution in [0.1, 0.15) is 27.6 Å². The van der Waals surface area contributed by atoms with E-state index in [2.05, 4.69) is 15.4 Å². The number of nitrogen functional groups attached to an aromatic ring is 1. The van der Waals surface area contributed by atoms with Gasteiger partial charge in [0.1, 0.15) is 11.9 Å². The second-order valence-corrected chi connectivity index (χ2v) is 7.42. The van der Waals surface area contributed by atoms with Gasteiger partial charge in [-0.2, -0.15) is 0 Å². The molecule has 0 spiro atoms. The lowest BCUT2D eigenvalue weighted by atomic mass is 10.0. The van der Waals surface area contributed by atoms with E-state index in [1.165, 1.54) is 23.0 Å².